The van der Waals surface area contributed by atoms with Crippen LogP contribution in [0.2, 0.25) is 0 Å². The van der Waals surface area contributed by atoms with E-state index in [1.807, 2.05) is 0 Å². The Bertz CT molecular complexity index is 222. The van der Waals surface area contributed by atoms with Gasteiger partial charge in [-0.3, -0.25) is 9.89 Å². The van der Waals surface area contributed by atoms with Crippen LogP contribution in [0.5, 0.6) is 0 Å². The normalized spacial score (nSPS) is 28.1. The van der Waals surface area contributed by atoms with Gasteiger partial charge in [0.1, 0.15) is 0 Å². The Kier molecular flexibility index (Phi) is 5.55. The summed E-state index contributed by atoms with van der Waals surface area (Å²) in [6, 6.07) is 0. The van der Waals surface area contributed by atoms with Crippen molar-refractivity contribution in [2.75, 3.05) is 33.2 Å². The first-order valence-corrected chi connectivity index (χ1v) is 5.95. The predicted octanol–water partition coefficient (Wildman–Crippen LogP) is 0.0198. The van der Waals surface area contributed by atoms with Crippen LogP contribution in [0.25, 0.3) is 0 Å². The van der Waals surface area contributed by atoms with Gasteiger partial charge < -0.3 is 15.8 Å². The lowest BCUT2D eigenvalue weighted by molar-refractivity contribution is -0.0679. The maximum absolute atomic E-state index is 5.68. The summed E-state index contributed by atoms with van der Waals surface area (Å²) in [4.78, 5) is 6.29. The van der Waals surface area contributed by atoms with Gasteiger partial charge in [0, 0.05) is 33.2 Å². The largest absolute Gasteiger partial charge is 0.373 e. The molecule has 0 saturated carbocycles. The molecule has 1 rings (SSSR count). The van der Waals surface area contributed by atoms with Gasteiger partial charge in [0.25, 0.3) is 0 Å². The number of rotatable bonds is 4. The number of nitrogens with zero attached hydrogens (tertiary/aromatic N) is 2. The lowest BCUT2D eigenvalue weighted by Gasteiger charge is -2.35. The van der Waals surface area contributed by atoms with E-state index >= 15 is 0 Å². The van der Waals surface area contributed by atoms with Crippen LogP contribution in [0.1, 0.15) is 20.3 Å². The molecule has 1 heterocycles. The Morgan fingerprint density at radius 3 is 2.62 bits per heavy atom. The molecule has 16 heavy (non-hydrogen) atoms. The quantitative estimate of drug-likeness (QED) is 0.404. The van der Waals surface area contributed by atoms with E-state index in [2.05, 4.69) is 29.1 Å². The SMILES string of the molecule is CN=C(N)NCCCN1C[C@@H](C)O[C@H](C)C1. The van der Waals surface area contributed by atoms with Gasteiger partial charge in [-0.2, -0.15) is 0 Å². The number of ether oxygens (including phenoxy) is 1. The van der Waals surface area contributed by atoms with Crippen molar-refractivity contribution in [2.24, 2.45) is 10.7 Å². The molecule has 0 unspecified atom stereocenters. The highest BCUT2D eigenvalue weighted by molar-refractivity contribution is 5.77. The topological polar surface area (TPSA) is 62.9 Å². The summed E-state index contributed by atoms with van der Waals surface area (Å²) in [5, 5.41) is 3.06. The molecule has 2 atom stereocenters. The molecule has 0 aromatic heterocycles. The van der Waals surface area contributed by atoms with Crippen LogP contribution in [0, 0.1) is 0 Å². The smallest absolute Gasteiger partial charge is 0.188 e. The highest BCUT2D eigenvalue weighted by Gasteiger charge is 2.21. The van der Waals surface area contributed by atoms with Crippen molar-refractivity contribution in [1.29, 1.82) is 0 Å². The second-order valence-corrected chi connectivity index (χ2v) is 4.41. The summed E-state index contributed by atoms with van der Waals surface area (Å²) in [6.07, 6.45) is 1.77. The van der Waals surface area contributed by atoms with Crippen molar-refractivity contribution < 1.29 is 4.74 Å². The minimum Gasteiger partial charge on any atom is -0.373 e. The molecule has 1 aliphatic rings. The number of nitrogens with two attached hydrogens (primary N) is 1. The van der Waals surface area contributed by atoms with Crippen molar-refractivity contribution in [3.8, 4) is 0 Å². The van der Waals surface area contributed by atoms with E-state index in [1.54, 1.807) is 7.05 Å². The van der Waals surface area contributed by atoms with Crippen molar-refractivity contribution in [2.45, 2.75) is 32.5 Å². The monoisotopic (exact) mass is 228 g/mol. The summed E-state index contributed by atoms with van der Waals surface area (Å²) in [5.74, 6) is 0.517. The minimum absolute atomic E-state index is 0.346. The van der Waals surface area contributed by atoms with E-state index in [0.717, 1.165) is 32.6 Å². The fourth-order valence-electron chi connectivity index (χ4n) is 2.07. The van der Waals surface area contributed by atoms with E-state index < -0.39 is 0 Å². The summed E-state index contributed by atoms with van der Waals surface area (Å²) >= 11 is 0. The number of hydrogen-bond donors (Lipinski definition) is 2. The fraction of sp³-hybridized carbons (Fsp3) is 0.909. The molecular weight excluding hydrogens is 204 g/mol. The molecule has 0 aromatic rings. The molecule has 0 bridgehead atoms. The first-order valence-electron chi connectivity index (χ1n) is 5.95. The number of morpholine rings is 1. The van der Waals surface area contributed by atoms with E-state index in [1.165, 1.54) is 0 Å². The van der Waals surface area contributed by atoms with E-state index in [-0.39, 0.29) is 0 Å². The zero-order valence-electron chi connectivity index (χ0n) is 10.6. The van der Waals surface area contributed by atoms with E-state index in [4.69, 9.17) is 10.5 Å². The molecule has 5 nitrogen and oxygen atoms in total. The number of hydrogen-bond acceptors (Lipinski definition) is 3. The average Bonchev–Trinajstić information content (AvgIpc) is 2.22. The van der Waals surface area contributed by atoms with Gasteiger partial charge in [0.15, 0.2) is 5.96 Å². The van der Waals surface area contributed by atoms with Gasteiger partial charge in [-0.25, -0.2) is 0 Å². The second-order valence-electron chi connectivity index (χ2n) is 4.41. The molecule has 94 valence electrons. The van der Waals surface area contributed by atoms with Crippen LogP contribution in [0.3, 0.4) is 0 Å². The van der Waals surface area contributed by atoms with Gasteiger partial charge in [0.05, 0.1) is 12.2 Å². The highest BCUT2D eigenvalue weighted by atomic mass is 16.5. The maximum atomic E-state index is 5.68. The van der Waals surface area contributed by atoms with Gasteiger partial charge in [0.2, 0.25) is 0 Å². The van der Waals surface area contributed by atoms with E-state index in [0.29, 0.717) is 18.2 Å². The first-order chi connectivity index (χ1) is 7.61. The number of aliphatic imine (C=N–C) groups is 1. The molecule has 0 spiro atoms. The average molecular weight is 228 g/mol. The molecule has 1 saturated heterocycles. The Labute approximate surface area is 98.0 Å². The molecule has 5 heteroatoms. The third-order valence-electron chi connectivity index (χ3n) is 2.69. The van der Waals surface area contributed by atoms with E-state index in [9.17, 15) is 0 Å². The van der Waals surface area contributed by atoms with Crippen LogP contribution >= 0.6 is 0 Å². The lowest BCUT2D eigenvalue weighted by atomic mass is 10.2. The van der Waals surface area contributed by atoms with Crippen LogP contribution in [-0.2, 0) is 4.74 Å². The summed E-state index contributed by atoms with van der Waals surface area (Å²) in [7, 11) is 1.69. The minimum atomic E-state index is 0.346. The van der Waals surface area contributed by atoms with Gasteiger partial charge in [-0.1, -0.05) is 0 Å². The second kappa shape index (κ2) is 6.70. The fourth-order valence-corrected chi connectivity index (χ4v) is 2.07. The third kappa shape index (κ3) is 4.81. The predicted molar refractivity (Wildman–Crippen MR) is 66.6 cm³/mol. The molecule has 0 aliphatic carbocycles. The molecule has 0 aromatic carbocycles. The Balaban J connectivity index is 2.12. The standard InChI is InChI=1S/C11H24N4O/c1-9-7-15(8-10(2)16-9)6-4-5-14-11(12)13-3/h9-10H,4-8H2,1-3H3,(H3,12,13,14)/t9-,10-/m1/s1. The lowest BCUT2D eigenvalue weighted by Crippen LogP contribution is -2.46. The summed E-state index contributed by atoms with van der Waals surface area (Å²) < 4.78 is 5.68. The first kappa shape index (κ1) is 13.3. The Morgan fingerprint density at radius 1 is 1.44 bits per heavy atom. The van der Waals surface area contributed by atoms with Crippen molar-refractivity contribution in [1.82, 2.24) is 10.2 Å². The van der Waals surface area contributed by atoms with Crippen LogP contribution in [0.15, 0.2) is 4.99 Å². The Morgan fingerprint density at radius 2 is 2.06 bits per heavy atom. The molecule has 1 aliphatic heterocycles. The van der Waals surface area contributed by atoms with Crippen molar-refractivity contribution in [3.05, 3.63) is 0 Å². The number of guanidine groups is 1. The van der Waals surface area contributed by atoms with Gasteiger partial charge in [-0.15, -0.1) is 0 Å². The van der Waals surface area contributed by atoms with Crippen LogP contribution in [-0.4, -0.2) is 56.3 Å². The molecule has 0 amide bonds. The zero-order chi connectivity index (χ0) is 12.0. The Hall–Kier alpha value is -0.810. The summed E-state index contributed by atoms with van der Waals surface area (Å²) in [5.41, 5.74) is 5.54. The van der Waals surface area contributed by atoms with Crippen molar-refractivity contribution in [3.63, 3.8) is 0 Å². The van der Waals surface area contributed by atoms with Crippen molar-refractivity contribution >= 4 is 5.96 Å². The van der Waals surface area contributed by atoms with Gasteiger partial charge in [-0.05, 0) is 20.3 Å². The third-order valence-corrected chi connectivity index (χ3v) is 2.69. The molecular formula is C11H24N4O. The van der Waals surface area contributed by atoms with Crippen LogP contribution < -0.4 is 11.1 Å². The number of nitrogens with one attached hydrogen (secondary N) is 1. The zero-order valence-corrected chi connectivity index (χ0v) is 10.6. The molecule has 3 N–H and O–H groups in total. The summed E-state index contributed by atoms with van der Waals surface area (Å²) in [6.45, 7) is 8.28. The molecule has 0 radical (unpaired) electrons. The van der Waals surface area contributed by atoms with Crippen LogP contribution in [0.4, 0.5) is 0 Å². The maximum Gasteiger partial charge on any atom is 0.188 e. The highest BCUT2D eigenvalue weighted by Crippen LogP contribution is 2.10. The van der Waals surface area contributed by atoms with Gasteiger partial charge >= 0.3 is 0 Å². The molecule has 1 fully saturated rings.